The van der Waals surface area contributed by atoms with E-state index in [-0.39, 0.29) is 18.4 Å². The van der Waals surface area contributed by atoms with Gasteiger partial charge in [0.2, 0.25) is 5.91 Å². The van der Waals surface area contributed by atoms with Crippen molar-refractivity contribution in [3.8, 4) is 0 Å². The number of nitrogens with zero attached hydrogens (tertiary/aromatic N) is 1. The zero-order chi connectivity index (χ0) is 25.7. The Balaban J connectivity index is 1.42. The molecule has 0 atom stereocenters. The van der Waals surface area contributed by atoms with Crippen molar-refractivity contribution in [1.82, 2.24) is 10.2 Å². The fourth-order valence-corrected chi connectivity index (χ4v) is 4.98. The van der Waals surface area contributed by atoms with Gasteiger partial charge in [-0.1, -0.05) is 103 Å². The summed E-state index contributed by atoms with van der Waals surface area (Å²) in [5.74, 6) is 0.142. The molecule has 5 nitrogen and oxygen atoms in total. The molecule has 1 aromatic carbocycles. The summed E-state index contributed by atoms with van der Waals surface area (Å²) in [4.78, 5) is 26.8. The van der Waals surface area contributed by atoms with Crippen LogP contribution in [-0.2, 0) is 4.79 Å². The highest BCUT2D eigenvalue weighted by atomic mass is 16.2. The molecule has 36 heavy (non-hydrogen) atoms. The summed E-state index contributed by atoms with van der Waals surface area (Å²) in [6.45, 7) is 5.01. The first-order chi connectivity index (χ1) is 17.7. The van der Waals surface area contributed by atoms with Crippen LogP contribution in [0.5, 0.6) is 0 Å². The molecule has 0 bridgehead atoms. The van der Waals surface area contributed by atoms with Gasteiger partial charge in [-0.15, -0.1) is 0 Å². The Kier molecular flexibility index (Phi) is 16.8. The highest BCUT2D eigenvalue weighted by molar-refractivity contribution is 5.94. The molecule has 2 rings (SSSR count). The molecular weight excluding hydrogens is 446 g/mol. The molecule has 1 fully saturated rings. The van der Waals surface area contributed by atoms with E-state index in [0.717, 1.165) is 50.1 Å². The Morgan fingerprint density at radius 3 is 1.72 bits per heavy atom. The van der Waals surface area contributed by atoms with E-state index < -0.39 is 0 Å². The molecule has 0 aliphatic carbocycles. The number of unbranched alkanes of at least 4 members (excludes halogenated alkanes) is 13. The van der Waals surface area contributed by atoms with Gasteiger partial charge in [0.1, 0.15) is 0 Å². The molecule has 0 radical (unpaired) electrons. The minimum atomic E-state index is 0.0226. The molecule has 2 N–H and O–H groups in total. The van der Waals surface area contributed by atoms with Crippen LogP contribution >= 0.6 is 0 Å². The van der Waals surface area contributed by atoms with Crippen molar-refractivity contribution in [1.29, 1.82) is 0 Å². The third-order valence-electron chi connectivity index (χ3n) is 7.33. The zero-order valence-electron chi connectivity index (χ0n) is 23.1. The molecule has 2 amide bonds. The second-order valence-electron chi connectivity index (χ2n) is 10.6. The average Bonchev–Trinajstić information content (AvgIpc) is 3.19. The van der Waals surface area contributed by atoms with Crippen LogP contribution in [0.4, 0.5) is 5.69 Å². The minimum Gasteiger partial charge on any atom is -0.376 e. The molecule has 5 heteroatoms. The molecule has 0 spiro atoms. The molecule has 1 aliphatic heterocycles. The summed E-state index contributed by atoms with van der Waals surface area (Å²) in [7, 11) is 0. The number of rotatable bonds is 19. The van der Waals surface area contributed by atoms with Crippen LogP contribution in [0.2, 0.25) is 0 Å². The van der Waals surface area contributed by atoms with Crippen molar-refractivity contribution in [2.75, 3.05) is 31.5 Å². The van der Waals surface area contributed by atoms with Crippen molar-refractivity contribution in [2.45, 2.75) is 122 Å². The van der Waals surface area contributed by atoms with Gasteiger partial charge in [-0.2, -0.15) is 0 Å². The summed E-state index contributed by atoms with van der Waals surface area (Å²) >= 11 is 0. The van der Waals surface area contributed by atoms with Crippen LogP contribution in [0.25, 0.3) is 0 Å². The van der Waals surface area contributed by atoms with E-state index in [1.807, 2.05) is 29.2 Å². The molecule has 0 saturated carbocycles. The molecule has 1 aliphatic rings. The fraction of sp³-hybridized carbons (Fsp3) is 0.742. The number of carbonyl (C=O) groups is 2. The summed E-state index contributed by atoms with van der Waals surface area (Å²) in [6, 6.07) is 7.52. The predicted molar refractivity (Wildman–Crippen MR) is 153 cm³/mol. The van der Waals surface area contributed by atoms with E-state index in [0.29, 0.717) is 0 Å². The number of anilines is 1. The Hall–Kier alpha value is -2.04. The fourth-order valence-electron chi connectivity index (χ4n) is 4.98. The SMILES string of the molecule is CCCCCCCCCCCCCCCCNC(=O)CNc1ccc(C(=O)N2CCCCCC2)cc1. The number of benzene rings is 1. The number of carbonyl (C=O) groups excluding carboxylic acids is 2. The van der Waals surface area contributed by atoms with E-state index in [1.54, 1.807) is 0 Å². The number of nitrogens with one attached hydrogen (secondary N) is 2. The van der Waals surface area contributed by atoms with Crippen LogP contribution in [0, 0.1) is 0 Å². The van der Waals surface area contributed by atoms with Gasteiger partial charge < -0.3 is 15.5 Å². The largest absolute Gasteiger partial charge is 0.376 e. The summed E-state index contributed by atoms with van der Waals surface area (Å²) < 4.78 is 0. The number of amides is 2. The Labute approximate surface area is 221 Å². The maximum absolute atomic E-state index is 12.7. The monoisotopic (exact) mass is 499 g/mol. The quantitative estimate of drug-likeness (QED) is 0.192. The summed E-state index contributed by atoms with van der Waals surface area (Å²) in [5.41, 5.74) is 1.60. The van der Waals surface area contributed by atoms with Crippen LogP contribution < -0.4 is 10.6 Å². The van der Waals surface area contributed by atoms with Gasteiger partial charge in [0.25, 0.3) is 5.91 Å². The maximum atomic E-state index is 12.7. The van der Waals surface area contributed by atoms with E-state index in [1.165, 1.54) is 96.3 Å². The lowest BCUT2D eigenvalue weighted by Crippen LogP contribution is -2.32. The van der Waals surface area contributed by atoms with Gasteiger partial charge in [0.05, 0.1) is 6.54 Å². The first-order valence-electron chi connectivity index (χ1n) is 15.1. The molecular formula is C31H53N3O2. The second kappa shape index (κ2) is 20.1. The Morgan fingerprint density at radius 2 is 1.19 bits per heavy atom. The van der Waals surface area contributed by atoms with Gasteiger partial charge in [0, 0.05) is 30.9 Å². The van der Waals surface area contributed by atoms with Gasteiger partial charge in [-0.3, -0.25) is 9.59 Å². The van der Waals surface area contributed by atoms with Gasteiger partial charge in [-0.25, -0.2) is 0 Å². The second-order valence-corrected chi connectivity index (χ2v) is 10.6. The van der Waals surface area contributed by atoms with Crippen molar-refractivity contribution in [3.63, 3.8) is 0 Å². The van der Waals surface area contributed by atoms with Gasteiger partial charge in [-0.05, 0) is 43.5 Å². The third kappa shape index (κ3) is 13.9. The van der Waals surface area contributed by atoms with Crippen molar-refractivity contribution in [3.05, 3.63) is 29.8 Å². The number of hydrogen-bond acceptors (Lipinski definition) is 3. The van der Waals surface area contributed by atoms with Crippen LogP contribution in [-0.4, -0.2) is 42.9 Å². The maximum Gasteiger partial charge on any atom is 0.253 e. The van der Waals surface area contributed by atoms with E-state index in [2.05, 4.69) is 17.6 Å². The van der Waals surface area contributed by atoms with E-state index in [9.17, 15) is 9.59 Å². The average molecular weight is 500 g/mol. The third-order valence-corrected chi connectivity index (χ3v) is 7.33. The van der Waals surface area contributed by atoms with Crippen LogP contribution in [0.3, 0.4) is 0 Å². The lowest BCUT2D eigenvalue weighted by molar-refractivity contribution is -0.119. The smallest absolute Gasteiger partial charge is 0.253 e. The first-order valence-corrected chi connectivity index (χ1v) is 15.1. The van der Waals surface area contributed by atoms with Crippen LogP contribution in [0.1, 0.15) is 133 Å². The Bertz CT molecular complexity index is 696. The van der Waals surface area contributed by atoms with E-state index in [4.69, 9.17) is 0 Å². The lowest BCUT2D eigenvalue weighted by atomic mass is 10.0. The molecule has 204 valence electrons. The highest BCUT2D eigenvalue weighted by Gasteiger charge is 2.17. The highest BCUT2D eigenvalue weighted by Crippen LogP contribution is 2.16. The summed E-state index contributed by atoms with van der Waals surface area (Å²) in [5, 5.41) is 6.18. The van der Waals surface area contributed by atoms with Crippen molar-refractivity contribution in [2.24, 2.45) is 0 Å². The molecule has 1 saturated heterocycles. The standard InChI is InChI=1S/C31H53N3O2/c1-2-3-4-5-6-7-8-9-10-11-12-13-14-17-24-32-30(35)27-33-29-22-20-28(21-23-29)31(36)34-25-18-15-16-19-26-34/h20-23,33H,2-19,24-27H2,1H3,(H,32,35). The van der Waals surface area contributed by atoms with E-state index >= 15 is 0 Å². The van der Waals surface area contributed by atoms with Crippen molar-refractivity contribution < 1.29 is 9.59 Å². The van der Waals surface area contributed by atoms with Gasteiger partial charge >= 0.3 is 0 Å². The normalized spacial score (nSPS) is 13.9. The van der Waals surface area contributed by atoms with Crippen LogP contribution in [0.15, 0.2) is 24.3 Å². The minimum absolute atomic E-state index is 0.0226. The van der Waals surface area contributed by atoms with Crippen molar-refractivity contribution >= 4 is 17.5 Å². The molecule has 1 heterocycles. The number of likely N-dealkylation sites (tertiary alicyclic amines) is 1. The Morgan fingerprint density at radius 1 is 0.694 bits per heavy atom. The van der Waals surface area contributed by atoms with Gasteiger partial charge in [0.15, 0.2) is 0 Å². The summed E-state index contributed by atoms with van der Waals surface area (Å²) in [6.07, 6.45) is 23.4. The molecule has 1 aromatic rings. The zero-order valence-corrected chi connectivity index (χ0v) is 23.1. The molecule has 0 unspecified atom stereocenters. The topological polar surface area (TPSA) is 61.4 Å². The first kappa shape index (κ1) is 30.2. The predicted octanol–water partition coefficient (Wildman–Crippen LogP) is 7.71. The molecule has 0 aromatic heterocycles. The lowest BCUT2D eigenvalue weighted by Gasteiger charge is -2.20. The number of hydrogen-bond donors (Lipinski definition) is 2.